The van der Waals surface area contributed by atoms with Gasteiger partial charge < -0.3 is 10.3 Å². The van der Waals surface area contributed by atoms with Crippen LogP contribution in [0, 0.1) is 0 Å². The van der Waals surface area contributed by atoms with Gasteiger partial charge in [0.2, 0.25) is 0 Å². The lowest BCUT2D eigenvalue weighted by atomic mass is 9.93. The lowest BCUT2D eigenvalue weighted by Crippen LogP contribution is -2.33. The van der Waals surface area contributed by atoms with E-state index in [4.69, 9.17) is 5.73 Å². The van der Waals surface area contributed by atoms with Crippen LogP contribution in [0.25, 0.3) is 10.9 Å². The van der Waals surface area contributed by atoms with E-state index in [1.807, 2.05) is 0 Å². The molecule has 2 heteroatoms. The second kappa shape index (κ2) is 4.68. The van der Waals surface area contributed by atoms with Crippen molar-refractivity contribution in [1.29, 1.82) is 0 Å². The van der Waals surface area contributed by atoms with Crippen LogP contribution in [0.5, 0.6) is 0 Å². The van der Waals surface area contributed by atoms with Gasteiger partial charge in [0.25, 0.3) is 0 Å². The maximum atomic E-state index is 6.41. The highest BCUT2D eigenvalue weighted by Gasteiger charge is 2.26. The molecule has 0 spiro atoms. The number of hydrogen-bond donors (Lipinski definition) is 1. The largest absolute Gasteiger partial charge is 0.340 e. The zero-order valence-corrected chi connectivity index (χ0v) is 12.0. The second-order valence-corrected chi connectivity index (χ2v) is 6.47. The van der Waals surface area contributed by atoms with E-state index in [1.165, 1.54) is 48.7 Å². The minimum atomic E-state index is -0.281. The Morgan fingerprint density at radius 2 is 1.79 bits per heavy atom. The molecule has 0 bridgehead atoms. The molecule has 1 heterocycles. The highest BCUT2D eigenvalue weighted by atomic mass is 15.1. The summed E-state index contributed by atoms with van der Waals surface area (Å²) < 4.78 is 2.52. The van der Waals surface area contributed by atoms with E-state index in [-0.39, 0.29) is 5.54 Å². The second-order valence-electron chi connectivity index (χ2n) is 6.47. The standard InChI is InChI=1S/C17H24N2/c1-17(2,18)16-12-13-8-6-7-11-15(13)19(16)14-9-4-3-5-10-14/h6-8,11-12,14H,3-5,9-10,18H2,1-2H3. The van der Waals surface area contributed by atoms with Gasteiger partial charge in [-0.15, -0.1) is 0 Å². The number of rotatable bonds is 2. The van der Waals surface area contributed by atoms with E-state index in [0.717, 1.165) is 0 Å². The van der Waals surface area contributed by atoms with Gasteiger partial charge in [-0.05, 0) is 44.2 Å². The maximum absolute atomic E-state index is 6.41. The van der Waals surface area contributed by atoms with E-state index in [1.54, 1.807) is 0 Å². The summed E-state index contributed by atoms with van der Waals surface area (Å²) in [5.74, 6) is 0. The number of fused-ring (bicyclic) bond motifs is 1. The normalized spacial score (nSPS) is 18.1. The van der Waals surface area contributed by atoms with Gasteiger partial charge in [-0.25, -0.2) is 0 Å². The molecule has 0 saturated heterocycles. The van der Waals surface area contributed by atoms with Crippen molar-refractivity contribution in [2.24, 2.45) is 5.73 Å². The number of para-hydroxylation sites is 1. The first-order valence-corrected chi connectivity index (χ1v) is 7.47. The summed E-state index contributed by atoms with van der Waals surface area (Å²) in [7, 11) is 0. The lowest BCUT2D eigenvalue weighted by Gasteiger charge is -2.30. The molecule has 102 valence electrons. The fraction of sp³-hybridized carbons (Fsp3) is 0.529. The molecule has 1 aromatic heterocycles. The zero-order chi connectivity index (χ0) is 13.5. The van der Waals surface area contributed by atoms with Crippen LogP contribution in [0.1, 0.15) is 57.7 Å². The smallest absolute Gasteiger partial charge is 0.0506 e. The summed E-state index contributed by atoms with van der Waals surface area (Å²) in [5, 5.41) is 1.32. The van der Waals surface area contributed by atoms with Crippen LogP contribution in [-0.2, 0) is 5.54 Å². The number of hydrogen-bond acceptors (Lipinski definition) is 1. The van der Waals surface area contributed by atoms with Crippen molar-refractivity contribution in [2.45, 2.75) is 57.5 Å². The summed E-state index contributed by atoms with van der Waals surface area (Å²) in [6.07, 6.45) is 6.67. The van der Waals surface area contributed by atoms with Gasteiger partial charge in [0.15, 0.2) is 0 Å². The van der Waals surface area contributed by atoms with Crippen LogP contribution in [0.15, 0.2) is 30.3 Å². The van der Waals surface area contributed by atoms with Gasteiger partial charge in [0.05, 0.1) is 5.54 Å². The third-order valence-corrected chi connectivity index (χ3v) is 4.35. The lowest BCUT2D eigenvalue weighted by molar-refractivity contribution is 0.339. The third-order valence-electron chi connectivity index (χ3n) is 4.35. The highest BCUT2D eigenvalue weighted by Crippen LogP contribution is 2.36. The van der Waals surface area contributed by atoms with Gasteiger partial charge >= 0.3 is 0 Å². The molecule has 0 radical (unpaired) electrons. The van der Waals surface area contributed by atoms with Crippen molar-refractivity contribution in [3.8, 4) is 0 Å². The van der Waals surface area contributed by atoms with Crippen molar-refractivity contribution < 1.29 is 0 Å². The Hall–Kier alpha value is -1.28. The Morgan fingerprint density at radius 1 is 1.11 bits per heavy atom. The van der Waals surface area contributed by atoms with Crippen molar-refractivity contribution in [3.63, 3.8) is 0 Å². The van der Waals surface area contributed by atoms with Crippen molar-refractivity contribution >= 4 is 10.9 Å². The van der Waals surface area contributed by atoms with Gasteiger partial charge in [0.1, 0.15) is 0 Å². The summed E-state index contributed by atoms with van der Waals surface area (Å²) in [5.41, 5.74) is 8.75. The molecule has 0 amide bonds. The average Bonchev–Trinajstić information content (AvgIpc) is 2.79. The molecular weight excluding hydrogens is 232 g/mol. The zero-order valence-electron chi connectivity index (χ0n) is 12.0. The molecule has 3 rings (SSSR count). The average molecular weight is 256 g/mol. The minimum absolute atomic E-state index is 0.281. The number of nitrogens with two attached hydrogens (primary N) is 1. The quantitative estimate of drug-likeness (QED) is 0.851. The van der Waals surface area contributed by atoms with Crippen LogP contribution in [0.2, 0.25) is 0 Å². The van der Waals surface area contributed by atoms with E-state index in [2.05, 4.69) is 48.7 Å². The number of aromatic nitrogens is 1. The van der Waals surface area contributed by atoms with Gasteiger partial charge in [-0.1, -0.05) is 37.5 Å². The summed E-state index contributed by atoms with van der Waals surface area (Å²) in [6.45, 7) is 4.22. The van der Waals surface area contributed by atoms with Crippen molar-refractivity contribution in [1.82, 2.24) is 4.57 Å². The number of benzene rings is 1. The summed E-state index contributed by atoms with van der Waals surface area (Å²) in [4.78, 5) is 0. The Kier molecular flexibility index (Phi) is 3.14. The molecule has 1 fully saturated rings. The van der Waals surface area contributed by atoms with E-state index in [0.29, 0.717) is 6.04 Å². The van der Waals surface area contributed by atoms with E-state index < -0.39 is 0 Å². The molecule has 1 aliphatic carbocycles. The Labute approximate surface area is 115 Å². The SMILES string of the molecule is CC(C)(N)c1cc2ccccc2n1C1CCCCC1. The first-order valence-electron chi connectivity index (χ1n) is 7.47. The van der Waals surface area contributed by atoms with Crippen LogP contribution in [0.4, 0.5) is 0 Å². The Morgan fingerprint density at radius 3 is 2.47 bits per heavy atom. The first kappa shape index (κ1) is 12.7. The molecule has 1 saturated carbocycles. The van der Waals surface area contributed by atoms with Gasteiger partial charge in [0, 0.05) is 17.3 Å². The molecule has 0 aliphatic heterocycles. The predicted octanol–water partition coefficient (Wildman–Crippen LogP) is 4.34. The summed E-state index contributed by atoms with van der Waals surface area (Å²) in [6, 6.07) is 11.6. The Balaban J connectivity index is 2.18. The molecule has 0 atom stereocenters. The fourth-order valence-electron chi connectivity index (χ4n) is 3.40. The van der Waals surface area contributed by atoms with E-state index in [9.17, 15) is 0 Å². The van der Waals surface area contributed by atoms with E-state index >= 15 is 0 Å². The molecule has 2 N–H and O–H groups in total. The predicted molar refractivity (Wildman–Crippen MR) is 81.3 cm³/mol. The summed E-state index contributed by atoms with van der Waals surface area (Å²) >= 11 is 0. The first-order chi connectivity index (χ1) is 9.07. The maximum Gasteiger partial charge on any atom is 0.0506 e. The highest BCUT2D eigenvalue weighted by molar-refractivity contribution is 5.81. The van der Waals surface area contributed by atoms with Gasteiger partial charge in [-0.2, -0.15) is 0 Å². The molecular formula is C17H24N2. The van der Waals surface area contributed by atoms with Crippen molar-refractivity contribution in [2.75, 3.05) is 0 Å². The molecule has 0 unspecified atom stereocenters. The fourth-order valence-corrected chi connectivity index (χ4v) is 3.40. The van der Waals surface area contributed by atoms with Gasteiger partial charge in [-0.3, -0.25) is 0 Å². The molecule has 2 nitrogen and oxygen atoms in total. The minimum Gasteiger partial charge on any atom is -0.340 e. The van der Waals surface area contributed by atoms with Crippen LogP contribution in [-0.4, -0.2) is 4.57 Å². The van der Waals surface area contributed by atoms with Crippen LogP contribution in [0.3, 0.4) is 0 Å². The topological polar surface area (TPSA) is 30.9 Å². The molecule has 19 heavy (non-hydrogen) atoms. The molecule has 2 aromatic rings. The van der Waals surface area contributed by atoms with Crippen molar-refractivity contribution in [3.05, 3.63) is 36.0 Å². The number of nitrogens with zero attached hydrogens (tertiary/aromatic N) is 1. The monoisotopic (exact) mass is 256 g/mol. The molecule has 1 aliphatic rings. The molecule has 1 aromatic carbocycles. The van der Waals surface area contributed by atoms with Crippen LogP contribution >= 0.6 is 0 Å². The third kappa shape index (κ3) is 2.30. The Bertz CT molecular complexity index is 568. The van der Waals surface area contributed by atoms with Crippen LogP contribution < -0.4 is 5.73 Å².